The lowest BCUT2D eigenvalue weighted by molar-refractivity contribution is 0.0814. The van der Waals surface area contributed by atoms with Crippen molar-refractivity contribution in [3.8, 4) is 5.75 Å². The maximum atomic E-state index is 5.65. The highest BCUT2D eigenvalue weighted by molar-refractivity contribution is 7.80. The van der Waals surface area contributed by atoms with E-state index in [1.165, 1.54) is 0 Å². The number of hydrogen-bond donors (Lipinski definition) is 1. The molecule has 1 fully saturated rings. The highest BCUT2D eigenvalue weighted by Crippen LogP contribution is 2.14. The molecule has 0 bridgehead atoms. The molecule has 1 aromatic rings. The van der Waals surface area contributed by atoms with E-state index in [1.807, 2.05) is 24.3 Å². The zero-order chi connectivity index (χ0) is 14.2. The SMILES string of the molecule is NC(=S)c1cccc(OCCCOCC2CCOC2)c1. The van der Waals surface area contributed by atoms with E-state index in [2.05, 4.69) is 0 Å². The molecule has 0 aromatic heterocycles. The van der Waals surface area contributed by atoms with Gasteiger partial charge in [0.05, 0.1) is 19.8 Å². The second-order valence-electron chi connectivity index (χ2n) is 4.90. The Bertz CT molecular complexity index is 433. The van der Waals surface area contributed by atoms with E-state index in [-0.39, 0.29) is 0 Å². The zero-order valence-corrected chi connectivity index (χ0v) is 12.4. The van der Waals surface area contributed by atoms with Gasteiger partial charge in [-0.3, -0.25) is 0 Å². The fourth-order valence-corrected chi connectivity index (χ4v) is 2.18. The molecular weight excluding hydrogens is 274 g/mol. The van der Waals surface area contributed by atoms with Crippen molar-refractivity contribution in [3.05, 3.63) is 29.8 Å². The van der Waals surface area contributed by atoms with Crippen LogP contribution in [0.4, 0.5) is 0 Å². The van der Waals surface area contributed by atoms with E-state index in [1.54, 1.807) is 0 Å². The lowest BCUT2D eigenvalue weighted by Gasteiger charge is -2.10. The molecule has 1 saturated heterocycles. The van der Waals surface area contributed by atoms with Gasteiger partial charge >= 0.3 is 0 Å². The average Bonchev–Trinajstić information content (AvgIpc) is 2.96. The second kappa shape index (κ2) is 8.19. The van der Waals surface area contributed by atoms with Crippen LogP contribution in [0.25, 0.3) is 0 Å². The molecule has 1 unspecified atom stereocenters. The average molecular weight is 295 g/mol. The van der Waals surface area contributed by atoms with Gasteiger partial charge < -0.3 is 19.9 Å². The van der Waals surface area contributed by atoms with Crippen LogP contribution in [0.1, 0.15) is 18.4 Å². The van der Waals surface area contributed by atoms with Crippen LogP contribution in [0, 0.1) is 5.92 Å². The quantitative estimate of drug-likeness (QED) is 0.588. The third kappa shape index (κ3) is 5.07. The van der Waals surface area contributed by atoms with Crippen LogP contribution in [0.15, 0.2) is 24.3 Å². The number of rotatable bonds is 8. The van der Waals surface area contributed by atoms with Gasteiger partial charge in [0.25, 0.3) is 0 Å². The molecule has 2 rings (SSSR count). The molecular formula is C15H21NO3S. The van der Waals surface area contributed by atoms with Gasteiger partial charge in [-0.1, -0.05) is 24.4 Å². The Morgan fingerprint density at radius 2 is 2.30 bits per heavy atom. The minimum absolute atomic E-state index is 0.387. The first-order valence-electron chi connectivity index (χ1n) is 6.94. The van der Waals surface area contributed by atoms with Gasteiger partial charge in [0.2, 0.25) is 0 Å². The summed E-state index contributed by atoms with van der Waals surface area (Å²) < 4.78 is 16.6. The smallest absolute Gasteiger partial charge is 0.119 e. The molecule has 1 aliphatic rings. The van der Waals surface area contributed by atoms with Crippen LogP contribution in [0.2, 0.25) is 0 Å². The molecule has 110 valence electrons. The number of nitrogens with two attached hydrogens (primary N) is 1. The molecule has 4 nitrogen and oxygen atoms in total. The molecule has 0 radical (unpaired) electrons. The second-order valence-corrected chi connectivity index (χ2v) is 5.34. The Hall–Kier alpha value is -1.17. The van der Waals surface area contributed by atoms with Crippen LogP contribution in [-0.4, -0.2) is 38.0 Å². The van der Waals surface area contributed by atoms with Crippen molar-refractivity contribution in [2.24, 2.45) is 11.7 Å². The Balaban J connectivity index is 1.58. The predicted octanol–water partition coefficient (Wildman–Crippen LogP) is 2.14. The number of ether oxygens (including phenoxy) is 3. The van der Waals surface area contributed by atoms with Crippen molar-refractivity contribution in [1.82, 2.24) is 0 Å². The standard InChI is InChI=1S/C15H21NO3S/c16-15(20)13-3-1-4-14(9-13)19-7-2-6-17-10-12-5-8-18-11-12/h1,3-4,9,12H,2,5-8,10-11H2,(H2,16,20). The summed E-state index contributed by atoms with van der Waals surface area (Å²) in [7, 11) is 0. The monoisotopic (exact) mass is 295 g/mol. The van der Waals surface area contributed by atoms with Crippen molar-refractivity contribution >= 4 is 17.2 Å². The molecule has 20 heavy (non-hydrogen) atoms. The summed E-state index contributed by atoms with van der Waals surface area (Å²) in [5.74, 6) is 1.36. The summed E-state index contributed by atoms with van der Waals surface area (Å²) in [5.41, 5.74) is 6.41. The van der Waals surface area contributed by atoms with E-state index in [4.69, 9.17) is 32.2 Å². The van der Waals surface area contributed by atoms with E-state index in [0.29, 0.717) is 24.1 Å². The Kier molecular flexibility index (Phi) is 6.24. The lowest BCUT2D eigenvalue weighted by atomic mass is 10.1. The first-order valence-corrected chi connectivity index (χ1v) is 7.34. The molecule has 0 spiro atoms. The molecule has 1 atom stereocenters. The van der Waals surface area contributed by atoms with E-state index in [9.17, 15) is 0 Å². The summed E-state index contributed by atoms with van der Waals surface area (Å²) in [6.07, 6.45) is 1.98. The maximum Gasteiger partial charge on any atom is 0.119 e. The summed E-state index contributed by atoms with van der Waals surface area (Å²) in [5, 5.41) is 0. The van der Waals surface area contributed by atoms with E-state index >= 15 is 0 Å². The Labute approximate surface area is 125 Å². The summed E-state index contributed by atoms with van der Waals surface area (Å²) in [6.45, 7) is 3.84. The van der Waals surface area contributed by atoms with E-state index in [0.717, 1.165) is 44.0 Å². The van der Waals surface area contributed by atoms with Crippen molar-refractivity contribution in [2.45, 2.75) is 12.8 Å². The fourth-order valence-electron chi connectivity index (χ4n) is 2.05. The van der Waals surface area contributed by atoms with Crippen LogP contribution < -0.4 is 10.5 Å². The molecule has 1 aromatic carbocycles. The van der Waals surface area contributed by atoms with Crippen molar-refractivity contribution < 1.29 is 14.2 Å². The van der Waals surface area contributed by atoms with Crippen LogP contribution in [-0.2, 0) is 9.47 Å². The lowest BCUT2D eigenvalue weighted by Crippen LogP contribution is -2.12. The van der Waals surface area contributed by atoms with Gasteiger partial charge in [-0.05, 0) is 18.6 Å². The zero-order valence-electron chi connectivity index (χ0n) is 11.5. The molecule has 1 heterocycles. The molecule has 2 N–H and O–H groups in total. The summed E-state index contributed by atoms with van der Waals surface area (Å²) in [4.78, 5) is 0.387. The third-order valence-corrected chi connectivity index (χ3v) is 3.43. The highest BCUT2D eigenvalue weighted by atomic mass is 32.1. The predicted molar refractivity (Wildman–Crippen MR) is 82.2 cm³/mol. The molecule has 1 aliphatic heterocycles. The van der Waals surface area contributed by atoms with Crippen molar-refractivity contribution in [2.75, 3.05) is 33.0 Å². The highest BCUT2D eigenvalue weighted by Gasteiger charge is 2.15. The van der Waals surface area contributed by atoms with Gasteiger partial charge in [-0.15, -0.1) is 0 Å². The van der Waals surface area contributed by atoms with Gasteiger partial charge in [0.1, 0.15) is 10.7 Å². The van der Waals surface area contributed by atoms with Crippen LogP contribution >= 0.6 is 12.2 Å². The van der Waals surface area contributed by atoms with Crippen LogP contribution in [0.5, 0.6) is 5.75 Å². The third-order valence-electron chi connectivity index (χ3n) is 3.20. The first-order chi connectivity index (χ1) is 9.75. The van der Waals surface area contributed by atoms with Gasteiger partial charge in [-0.25, -0.2) is 0 Å². The van der Waals surface area contributed by atoms with Gasteiger partial charge in [0, 0.05) is 31.1 Å². The van der Waals surface area contributed by atoms with Crippen molar-refractivity contribution in [3.63, 3.8) is 0 Å². The maximum absolute atomic E-state index is 5.65. The topological polar surface area (TPSA) is 53.7 Å². The minimum atomic E-state index is 0.387. The largest absolute Gasteiger partial charge is 0.493 e. The minimum Gasteiger partial charge on any atom is -0.493 e. The Morgan fingerprint density at radius 3 is 3.05 bits per heavy atom. The number of hydrogen-bond acceptors (Lipinski definition) is 4. The van der Waals surface area contributed by atoms with Gasteiger partial charge in [0.15, 0.2) is 0 Å². The number of thiocarbonyl (C=S) groups is 1. The molecule has 0 aliphatic carbocycles. The Morgan fingerprint density at radius 1 is 1.40 bits per heavy atom. The fraction of sp³-hybridized carbons (Fsp3) is 0.533. The summed E-state index contributed by atoms with van der Waals surface area (Å²) in [6, 6.07) is 7.53. The first kappa shape index (κ1) is 15.2. The van der Waals surface area contributed by atoms with Crippen LogP contribution in [0.3, 0.4) is 0 Å². The summed E-state index contributed by atoms with van der Waals surface area (Å²) >= 11 is 4.94. The molecule has 0 saturated carbocycles. The molecule has 5 heteroatoms. The molecule has 0 amide bonds. The van der Waals surface area contributed by atoms with E-state index < -0.39 is 0 Å². The van der Waals surface area contributed by atoms with Crippen molar-refractivity contribution in [1.29, 1.82) is 0 Å². The van der Waals surface area contributed by atoms with Gasteiger partial charge in [-0.2, -0.15) is 0 Å². The normalized spacial score (nSPS) is 18.1. The number of benzene rings is 1.